The number of Topliss-reactive ketones (excluding diaryl/α,β-unsaturated/α-hetero) is 1. The van der Waals surface area contributed by atoms with E-state index in [1.807, 2.05) is 45.0 Å². The Morgan fingerprint density at radius 1 is 0.816 bits per heavy atom. The molecule has 260 valence electrons. The predicted molar refractivity (Wildman–Crippen MR) is 197 cm³/mol. The molecular formula is C39H45Cl2N3O5. The van der Waals surface area contributed by atoms with Crippen LogP contribution in [-0.4, -0.2) is 42.4 Å². The van der Waals surface area contributed by atoms with E-state index in [-0.39, 0.29) is 52.9 Å². The van der Waals surface area contributed by atoms with Crippen LogP contribution in [0, 0.1) is 18.8 Å². The summed E-state index contributed by atoms with van der Waals surface area (Å²) in [5.41, 5.74) is 3.47. The van der Waals surface area contributed by atoms with Gasteiger partial charge in [0.2, 0.25) is 11.8 Å². The van der Waals surface area contributed by atoms with E-state index in [1.54, 1.807) is 42.5 Å². The van der Waals surface area contributed by atoms with Crippen LogP contribution in [0.2, 0.25) is 10.0 Å². The van der Waals surface area contributed by atoms with Gasteiger partial charge in [-0.1, -0.05) is 85.8 Å². The van der Waals surface area contributed by atoms with E-state index in [9.17, 15) is 24.0 Å². The van der Waals surface area contributed by atoms with Crippen LogP contribution in [0.15, 0.2) is 72.8 Å². The Morgan fingerprint density at radius 2 is 1.51 bits per heavy atom. The molecule has 0 saturated heterocycles. The van der Waals surface area contributed by atoms with E-state index >= 15 is 0 Å². The number of carbonyl (C=O) groups is 5. The molecular weight excluding hydrogens is 661 g/mol. The van der Waals surface area contributed by atoms with Crippen molar-refractivity contribution in [3.8, 4) is 0 Å². The molecule has 3 N–H and O–H groups in total. The number of benzene rings is 3. The van der Waals surface area contributed by atoms with Gasteiger partial charge in [-0.05, 0) is 86.2 Å². The molecule has 10 heteroatoms. The Morgan fingerprint density at radius 3 is 2.20 bits per heavy atom. The normalized spacial score (nSPS) is 11.7. The summed E-state index contributed by atoms with van der Waals surface area (Å²) in [5.74, 6) is -1.43. The summed E-state index contributed by atoms with van der Waals surface area (Å²) in [6, 6.07) is 19.3. The molecule has 0 radical (unpaired) electrons. The molecule has 0 aliphatic rings. The molecule has 3 rings (SSSR count). The van der Waals surface area contributed by atoms with Gasteiger partial charge in [-0.25, -0.2) is 0 Å². The number of halogens is 2. The number of unbranched alkanes of at least 4 members (excludes halogenated alkanes) is 3. The number of rotatable bonds is 19. The molecule has 0 bridgehead atoms. The van der Waals surface area contributed by atoms with Crippen molar-refractivity contribution in [3.63, 3.8) is 0 Å². The van der Waals surface area contributed by atoms with Crippen LogP contribution in [-0.2, 0) is 14.4 Å². The third kappa shape index (κ3) is 14.4. The fourth-order valence-corrected chi connectivity index (χ4v) is 5.53. The standard InChI is InChI=1S/C39H45Cl2N3O5/c1-26(2)22-30(23-33(45)25-43-39(49)34-24-31(40)16-19-35(34)41)38(48)42-21-7-5-4-6-8-37(47)44-32-17-14-29(15-18-32)36(46)20-13-28-11-9-27(3)10-12-28/h9-20,24,26,30H,4-8,21-23,25H2,1-3H3,(H,42,48)(H,43,49)(H,44,47)/b20-13+/t30-/m1/s1. The lowest BCUT2D eigenvalue weighted by Crippen LogP contribution is -2.36. The van der Waals surface area contributed by atoms with Gasteiger partial charge < -0.3 is 16.0 Å². The topological polar surface area (TPSA) is 121 Å². The predicted octanol–water partition coefficient (Wildman–Crippen LogP) is 8.25. The van der Waals surface area contributed by atoms with E-state index in [2.05, 4.69) is 16.0 Å². The molecule has 0 saturated carbocycles. The van der Waals surface area contributed by atoms with Gasteiger partial charge in [0, 0.05) is 41.6 Å². The zero-order valence-corrected chi connectivity index (χ0v) is 29.8. The molecule has 49 heavy (non-hydrogen) atoms. The molecule has 3 aromatic rings. The van der Waals surface area contributed by atoms with E-state index in [1.165, 1.54) is 12.1 Å². The van der Waals surface area contributed by atoms with E-state index in [0.717, 1.165) is 30.4 Å². The van der Waals surface area contributed by atoms with E-state index in [0.29, 0.717) is 42.1 Å². The van der Waals surface area contributed by atoms with Crippen molar-refractivity contribution in [2.75, 3.05) is 18.4 Å². The quantitative estimate of drug-likeness (QED) is 0.0659. The summed E-state index contributed by atoms with van der Waals surface area (Å²) >= 11 is 12.0. The second-order valence-electron chi connectivity index (χ2n) is 12.6. The Kier molecular flexibility index (Phi) is 16.2. The number of carbonyl (C=O) groups excluding carboxylic acids is 5. The minimum absolute atomic E-state index is 0.0206. The lowest BCUT2D eigenvalue weighted by Gasteiger charge is -2.18. The van der Waals surface area contributed by atoms with Crippen LogP contribution >= 0.6 is 23.2 Å². The van der Waals surface area contributed by atoms with Crippen LogP contribution < -0.4 is 16.0 Å². The first-order chi connectivity index (χ1) is 23.4. The number of hydrogen-bond donors (Lipinski definition) is 3. The van der Waals surface area contributed by atoms with Gasteiger partial charge in [-0.2, -0.15) is 0 Å². The lowest BCUT2D eigenvalue weighted by molar-refractivity contribution is -0.129. The first-order valence-corrected chi connectivity index (χ1v) is 17.4. The maximum Gasteiger partial charge on any atom is 0.253 e. The molecule has 0 aliphatic carbocycles. The SMILES string of the molecule is Cc1ccc(/C=C/C(=O)c2ccc(NC(=O)CCCCCCNC(=O)[C@@H](CC(=O)CNC(=O)c3cc(Cl)ccc3Cl)CC(C)C)cc2)cc1. The summed E-state index contributed by atoms with van der Waals surface area (Å²) in [7, 11) is 0. The number of hydrogen-bond acceptors (Lipinski definition) is 5. The molecule has 8 nitrogen and oxygen atoms in total. The van der Waals surface area contributed by atoms with Gasteiger partial charge in [0.15, 0.2) is 11.6 Å². The summed E-state index contributed by atoms with van der Waals surface area (Å²) in [5, 5.41) is 8.97. The van der Waals surface area contributed by atoms with Crippen LogP contribution in [0.5, 0.6) is 0 Å². The molecule has 3 aromatic carbocycles. The van der Waals surface area contributed by atoms with Crippen molar-refractivity contribution < 1.29 is 24.0 Å². The third-order valence-corrected chi connectivity index (χ3v) is 8.37. The van der Waals surface area contributed by atoms with Crippen molar-refractivity contribution in [1.29, 1.82) is 0 Å². The van der Waals surface area contributed by atoms with Crippen molar-refractivity contribution >= 4 is 64.3 Å². The first kappa shape index (κ1) is 39.2. The highest BCUT2D eigenvalue weighted by atomic mass is 35.5. The molecule has 0 spiro atoms. The maximum absolute atomic E-state index is 12.9. The monoisotopic (exact) mass is 705 g/mol. The molecule has 0 aromatic heterocycles. The highest BCUT2D eigenvalue weighted by Gasteiger charge is 2.23. The van der Waals surface area contributed by atoms with Gasteiger partial charge in [0.05, 0.1) is 17.1 Å². The van der Waals surface area contributed by atoms with Gasteiger partial charge >= 0.3 is 0 Å². The second-order valence-corrected chi connectivity index (χ2v) is 13.4. The number of aryl methyl sites for hydroxylation is 1. The van der Waals surface area contributed by atoms with Gasteiger partial charge in [0.25, 0.3) is 5.91 Å². The van der Waals surface area contributed by atoms with Gasteiger partial charge in [-0.15, -0.1) is 0 Å². The molecule has 0 heterocycles. The minimum atomic E-state index is -0.506. The van der Waals surface area contributed by atoms with Crippen LogP contribution in [0.1, 0.15) is 90.6 Å². The number of allylic oxidation sites excluding steroid dienone is 1. The van der Waals surface area contributed by atoms with Crippen molar-refractivity contribution in [2.45, 2.75) is 65.7 Å². The summed E-state index contributed by atoms with van der Waals surface area (Å²) in [6.45, 7) is 6.26. The molecule has 0 fully saturated rings. The smallest absolute Gasteiger partial charge is 0.253 e. The average Bonchev–Trinajstić information content (AvgIpc) is 3.07. The number of anilines is 1. The molecule has 3 amide bonds. The van der Waals surface area contributed by atoms with Gasteiger partial charge in [0.1, 0.15) is 0 Å². The maximum atomic E-state index is 12.9. The number of ketones is 2. The van der Waals surface area contributed by atoms with Crippen molar-refractivity contribution in [2.24, 2.45) is 11.8 Å². The molecule has 1 atom stereocenters. The van der Waals surface area contributed by atoms with Gasteiger partial charge in [-0.3, -0.25) is 24.0 Å². The fraction of sp³-hybridized carbons (Fsp3) is 0.359. The Hall–Kier alpha value is -4.27. The highest BCUT2D eigenvalue weighted by Crippen LogP contribution is 2.21. The fourth-order valence-electron chi connectivity index (χ4n) is 5.15. The molecule has 0 unspecified atom stereocenters. The largest absolute Gasteiger partial charge is 0.356 e. The number of nitrogens with one attached hydrogen (secondary N) is 3. The summed E-state index contributed by atoms with van der Waals surface area (Å²) < 4.78 is 0. The number of amides is 3. The zero-order chi connectivity index (χ0) is 35.8. The lowest BCUT2D eigenvalue weighted by atomic mass is 9.91. The van der Waals surface area contributed by atoms with E-state index < -0.39 is 11.8 Å². The Bertz CT molecular complexity index is 1620. The third-order valence-electron chi connectivity index (χ3n) is 7.81. The summed E-state index contributed by atoms with van der Waals surface area (Å²) in [6.07, 6.45) is 7.38. The van der Waals surface area contributed by atoms with Crippen LogP contribution in [0.25, 0.3) is 6.08 Å². The second kappa shape index (κ2) is 20.3. The average molecular weight is 707 g/mol. The van der Waals surface area contributed by atoms with Crippen molar-refractivity contribution in [1.82, 2.24) is 10.6 Å². The molecule has 0 aliphatic heterocycles. The highest BCUT2D eigenvalue weighted by molar-refractivity contribution is 6.35. The minimum Gasteiger partial charge on any atom is -0.356 e. The first-order valence-electron chi connectivity index (χ1n) is 16.6. The summed E-state index contributed by atoms with van der Waals surface area (Å²) in [4.78, 5) is 62.9. The Balaban J connectivity index is 1.31. The zero-order valence-electron chi connectivity index (χ0n) is 28.3. The Labute approximate surface area is 299 Å². The van der Waals surface area contributed by atoms with Crippen LogP contribution in [0.3, 0.4) is 0 Å². The van der Waals surface area contributed by atoms with E-state index in [4.69, 9.17) is 23.2 Å². The van der Waals surface area contributed by atoms with Crippen LogP contribution in [0.4, 0.5) is 5.69 Å². The van der Waals surface area contributed by atoms with Crippen molar-refractivity contribution in [3.05, 3.63) is 105 Å².